The van der Waals surface area contributed by atoms with Crippen LogP contribution >= 0.6 is 0 Å². The first-order valence-corrected chi connectivity index (χ1v) is 9.90. The summed E-state index contributed by atoms with van der Waals surface area (Å²) >= 11 is 0. The Morgan fingerprint density at radius 1 is 1.10 bits per heavy atom. The lowest BCUT2D eigenvalue weighted by Crippen LogP contribution is -2.52. The summed E-state index contributed by atoms with van der Waals surface area (Å²) in [6.45, 7) is 2.69. The summed E-state index contributed by atoms with van der Waals surface area (Å²) in [7, 11) is 0. The number of imide groups is 2. The third kappa shape index (κ3) is 2.82. The van der Waals surface area contributed by atoms with Gasteiger partial charge in [-0.05, 0) is 43.7 Å². The first-order chi connectivity index (χ1) is 14.2. The van der Waals surface area contributed by atoms with Gasteiger partial charge >= 0.3 is 12.1 Å². The highest BCUT2D eigenvalue weighted by molar-refractivity contribution is 6.11. The largest absolute Gasteiger partial charge is 0.344 e. The van der Waals surface area contributed by atoms with Crippen molar-refractivity contribution in [2.75, 3.05) is 6.54 Å². The molecule has 7 amide bonds. The zero-order valence-electron chi connectivity index (χ0n) is 16.8. The minimum atomic E-state index is -1.19. The summed E-state index contributed by atoms with van der Waals surface area (Å²) in [6, 6.07) is 5.99. The van der Waals surface area contributed by atoms with Crippen molar-refractivity contribution in [3.63, 3.8) is 0 Å². The van der Waals surface area contributed by atoms with Crippen LogP contribution < -0.4 is 16.1 Å². The molecule has 158 valence electrons. The molecule has 1 aliphatic carbocycles. The van der Waals surface area contributed by atoms with Gasteiger partial charge in [0, 0.05) is 0 Å². The number of benzene rings is 1. The van der Waals surface area contributed by atoms with Crippen molar-refractivity contribution in [1.29, 1.82) is 0 Å². The molecule has 2 aliphatic heterocycles. The van der Waals surface area contributed by atoms with Gasteiger partial charge in [0.2, 0.25) is 0 Å². The van der Waals surface area contributed by atoms with Crippen molar-refractivity contribution in [1.82, 2.24) is 26.0 Å². The van der Waals surface area contributed by atoms with Gasteiger partial charge in [-0.3, -0.25) is 24.7 Å². The standard InChI is InChI=1S/C20H23N5O5/c1-3-19(2)15(27)25(18(30)21-19)23-14(26)11-24-16(28)20(22-17(24)29)10-6-8-12-7-4-5-9-13(12)20/h4-5,7,9H,3,6,8,10-11H2,1-2H3,(H,21,30)(H,22,29)(H,23,26). The highest BCUT2D eigenvalue weighted by Gasteiger charge is 2.54. The summed E-state index contributed by atoms with van der Waals surface area (Å²) in [6.07, 6.45) is 2.32. The zero-order chi connectivity index (χ0) is 21.7. The number of amides is 7. The fourth-order valence-corrected chi connectivity index (χ4v) is 4.28. The smallest absolute Gasteiger partial charge is 0.322 e. The van der Waals surface area contributed by atoms with E-state index in [1.807, 2.05) is 24.3 Å². The maximum absolute atomic E-state index is 13.2. The highest BCUT2D eigenvalue weighted by atomic mass is 16.2. The van der Waals surface area contributed by atoms with Crippen LogP contribution in [0.5, 0.6) is 0 Å². The second-order valence-corrected chi connectivity index (χ2v) is 8.03. The van der Waals surface area contributed by atoms with E-state index < -0.39 is 47.4 Å². The van der Waals surface area contributed by atoms with Crippen molar-refractivity contribution >= 4 is 29.8 Å². The van der Waals surface area contributed by atoms with Crippen molar-refractivity contribution < 1.29 is 24.0 Å². The van der Waals surface area contributed by atoms with Crippen LogP contribution in [0.2, 0.25) is 0 Å². The lowest BCUT2D eigenvalue weighted by atomic mass is 9.76. The molecule has 30 heavy (non-hydrogen) atoms. The number of hydrazine groups is 1. The third-order valence-corrected chi connectivity index (χ3v) is 6.16. The van der Waals surface area contributed by atoms with Gasteiger partial charge in [-0.25, -0.2) is 9.59 Å². The number of urea groups is 2. The van der Waals surface area contributed by atoms with Gasteiger partial charge in [0.25, 0.3) is 17.7 Å². The lowest BCUT2D eigenvalue weighted by Gasteiger charge is -2.33. The topological polar surface area (TPSA) is 128 Å². The van der Waals surface area contributed by atoms with Crippen LogP contribution in [-0.4, -0.2) is 51.8 Å². The molecule has 1 aromatic carbocycles. The maximum Gasteiger partial charge on any atom is 0.344 e. The molecule has 4 rings (SSSR count). The number of hydrogen-bond donors (Lipinski definition) is 3. The van der Waals surface area contributed by atoms with Gasteiger partial charge in [0.05, 0.1) is 0 Å². The van der Waals surface area contributed by atoms with Crippen LogP contribution in [0.15, 0.2) is 24.3 Å². The number of carbonyl (C=O) groups excluding carboxylic acids is 5. The number of hydrogen-bond acceptors (Lipinski definition) is 5. The average molecular weight is 413 g/mol. The van der Waals surface area contributed by atoms with Crippen LogP contribution in [0.25, 0.3) is 0 Å². The van der Waals surface area contributed by atoms with E-state index in [0.29, 0.717) is 17.9 Å². The average Bonchev–Trinajstić information content (AvgIpc) is 3.08. The van der Waals surface area contributed by atoms with Crippen LogP contribution in [0, 0.1) is 0 Å². The molecule has 10 heteroatoms. The number of fused-ring (bicyclic) bond motifs is 2. The van der Waals surface area contributed by atoms with E-state index in [1.165, 1.54) is 0 Å². The van der Waals surface area contributed by atoms with E-state index in [1.54, 1.807) is 13.8 Å². The fraction of sp³-hybridized carbons (Fsp3) is 0.450. The molecule has 3 aliphatic rings. The van der Waals surface area contributed by atoms with E-state index in [2.05, 4.69) is 16.1 Å². The van der Waals surface area contributed by atoms with E-state index in [4.69, 9.17) is 0 Å². The molecule has 1 aromatic rings. The van der Waals surface area contributed by atoms with Gasteiger partial charge in [0.1, 0.15) is 17.6 Å². The first kappa shape index (κ1) is 19.9. The van der Waals surface area contributed by atoms with E-state index in [9.17, 15) is 24.0 Å². The number of nitrogens with one attached hydrogen (secondary N) is 3. The molecular weight excluding hydrogens is 390 g/mol. The zero-order valence-corrected chi connectivity index (χ0v) is 16.8. The predicted octanol–water partition coefficient (Wildman–Crippen LogP) is 0.522. The maximum atomic E-state index is 13.2. The Bertz CT molecular complexity index is 978. The molecule has 2 saturated heterocycles. The monoisotopic (exact) mass is 413 g/mol. The fourth-order valence-electron chi connectivity index (χ4n) is 4.28. The van der Waals surface area contributed by atoms with E-state index in [0.717, 1.165) is 28.9 Å². The van der Waals surface area contributed by atoms with Gasteiger partial charge < -0.3 is 10.6 Å². The summed E-state index contributed by atoms with van der Waals surface area (Å²) < 4.78 is 0. The molecule has 10 nitrogen and oxygen atoms in total. The molecule has 0 aromatic heterocycles. The lowest BCUT2D eigenvalue weighted by molar-refractivity contribution is -0.140. The van der Waals surface area contributed by atoms with E-state index >= 15 is 0 Å². The Morgan fingerprint density at radius 3 is 2.53 bits per heavy atom. The van der Waals surface area contributed by atoms with Gasteiger partial charge in [-0.15, -0.1) is 0 Å². The SMILES string of the molecule is CCC1(C)NC(=O)N(NC(=O)CN2C(=O)NC3(CCCc4ccccc43)C2=O)C1=O. The van der Waals surface area contributed by atoms with Crippen LogP contribution in [0.1, 0.15) is 44.2 Å². The summed E-state index contributed by atoms with van der Waals surface area (Å²) in [5.41, 5.74) is 1.64. The third-order valence-electron chi connectivity index (χ3n) is 6.16. The number of carbonyl (C=O) groups is 5. The minimum absolute atomic E-state index is 0.346. The van der Waals surface area contributed by atoms with Crippen molar-refractivity contribution in [3.05, 3.63) is 35.4 Å². The van der Waals surface area contributed by atoms with Gasteiger partial charge in [-0.1, -0.05) is 31.2 Å². The molecule has 0 saturated carbocycles. The summed E-state index contributed by atoms with van der Waals surface area (Å²) in [5.74, 6) is -1.92. The normalized spacial score (nSPS) is 27.9. The number of rotatable bonds is 4. The predicted molar refractivity (Wildman–Crippen MR) is 104 cm³/mol. The van der Waals surface area contributed by atoms with E-state index in [-0.39, 0.29) is 0 Å². The molecule has 2 fully saturated rings. The van der Waals surface area contributed by atoms with Crippen molar-refractivity contribution in [2.45, 2.75) is 50.6 Å². The van der Waals surface area contributed by atoms with Crippen LogP contribution in [-0.2, 0) is 26.3 Å². The van der Waals surface area contributed by atoms with Gasteiger partial charge in [-0.2, -0.15) is 5.01 Å². The molecule has 0 bridgehead atoms. The molecule has 2 atom stereocenters. The first-order valence-electron chi connectivity index (χ1n) is 9.90. The van der Waals surface area contributed by atoms with Crippen molar-refractivity contribution in [3.8, 4) is 0 Å². The second kappa shape index (κ2) is 6.82. The number of aryl methyl sites for hydroxylation is 1. The summed E-state index contributed by atoms with van der Waals surface area (Å²) in [4.78, 5) is 63.6. The summed E-state index contributed by atoms with van der Waals surface area (Å²) in [5, 5.41) is 5.87. The second-order valence-electron chi connectivity index (χ2n) is 8.03. The quantitative estimate of drug-likeness (QED) is 0.620. The van der Waals surface area contributed by atoms with Crippen LogP contribution in [0.3, 0.4) is 0 Å². The molecule has 3 N–H and O–H groups in total. The molecule has 2 unspecified atom stereocenters. The molecular formula is C20H23N5O5. The Morgan fingerprint density at radius 2 is 1.83 bits per heavy atom. The highest BCUT2D eigenvalue weighted by Crippen LogP contribution is 2.39. The minimum Gasteiger partial charge on any atom is -0.322 e. The Labute approximate surface area is 172 Å². The Hall–Kier alpha value is -3.43. The van der Waals surface area contributed by atoms with Crippen LogP contribution in [0.4, 0.5) is 9.59 Å². The van der Waals surface area contributed by atoms with Crippen molar-refractivity contribution in [2.24, 2.45) is 0 Å². The number of nitrogens with zero attached hydrogens (tertiary/aromatic N) is 2. The Kier molecular flexibility index (Phi) is 4.52. The molecule has 0 radical (unpaired) electrons. The molecule has 2 heterocycles. The van der Waals surface area contributed by atoms with Gasteiger partial charge in [0.15, 0.2) is 0 Å². The Balaban J connectivity index is 1.51. The molecule has 1 spiro atoms.